The van der Waals surface area contributed by atoms with E-state index in [-0.39, 0.29) is 17.1 Å². The first kappa shape index (κ1) is 13.3. The van der Waals surface area contributed by atoms with Gasteiger partial charge in [0.15, 0.2) is 0 Å². The standard InChI is InChI=1S/C14H17N3O2/c1-14(2)6-5-11(8-14)16-12-7-10(9-15)3-4-13(12)17(18)19/h3-4,7,11,16H,5-6,8H2,1-2H3. The van der Waals surface area contributed by atoms with Gasteiger partial charge in [-0.25, -0.2) is 0 Å². The fourth-order valence-corrected chi connectivity index (χ4v) is 2.66. The van der Waals surface area contributed by atoms with Crippen molar-refractivity contribution in [3.63, 3.8) is 0 Å². The quantitative estimate of drug-likeness (QED) is 0.666. The molecule has 2 rings (SSSR count). The number of nitrogens with zero attached hydrogens (tertiary/aromatic N) is 2. The Morgan fingerprint density at radius 1 is 1.53 bits per heavy atom. The Labute approximate surface area is 112 Å². The van der Waals surface area contributed by atoms with Crippen LogP contribution < -0.4 is 5.32 Å². The molecule has 5 nitrogen and oxygen atoms in total. The molecule has 0 aromatic heterocycles. The van der Waals surface area contributed by atoms with Crippen LogP contribution in [0.15, 0.2) is 18.2 Å². The van der Waals surface area contributed by atoms with Gasteiger partial charge in [-0.3, -0.25) is 10.1 Å². The predicted octanol–water partition coefficient (Wildman–Crippen LogP) is 3.46. The van der Waals surface area contributed by atoms with Crippen LogP contribution in [-0.2, 0) is 0 Å². The molecule has 1 saturated carbocycles. The second-order valence-corrected chi connectivity index (χ2v) is 5.85. The molecule has 0 amide bonds. The third-order valence-corrected chi connectivity index (χ3v) is 3.65. The van der Waals surface area contributed by atoms with Crippen molar-refractivity contribution >= 4 is 11.4 Å². The third kappa shape index (κ3) is 3.02. The van der Waals surface area contributed by atoms with Crippen LogP contribution in [-0.4, -0.2) is 11.0 Å². The zero-order valence-electron chi connectivity index (χ0n) is 11.1. The van der Waals surface area contributed by atoms with Gasteiger partial charge in [0.1, 0.15) is 5.69 Å². The van der Waals surface area contributed by atoms with E-state index in [2.05, 4.69) is 19.2 Å². The van der Waals surface area contributed by atoms with Gasteiger partial charge in [0.05, 0.1) is 16.6 Å². The van der Waals surface area contributed by atoms with Crippen LogP contribution in [0.25, 0.3) is 0 Å². The Morgan fingerprint density at radius 2 is 2.26 bits per heavy atom. The van der Waals surface area contributed by atoms with Crippen LogP contribution in [0.2, 0.25) is 0 Å². The fourth-order valence-electron chi connectivity index (χ4n) is 2.66. The van der Waals surface area contributed by atoms with Crippen molar-refractivity contribution in [3.8, 4) is 6.07 Å². The minimum Gasteiger partial charge on any atom is -0.377 e. The summed E-state index contributed by atoms with van der Waals surface area (Å²) >= 11 is 0. The van der Waals surface area contributed by atoms with Crippen LogP contribution in [0.4, 0.5) is 11.4 Å². The van der Waals surface area contributed by atoms with Gasteiger partial charge >= 0.3 is 0 Å². The summed E-state index contributed by atoms with van der Waals surface area (Å²) in [5, 5.41) is 23.1. The lowest BCUT2D eigenvalue weighted by atomic mass is 9.92. The summed E-state index contributed by atoms with van der Waals surface area (Å²) in [5.41, 5.74) is 1.19. The molecule has 1 unspecified atom stereocenters. The average Bonchev–Trinajstić information content (AvgIpc) is 2.68. The third-order valence-electron chi connectivity index (χ3n) is 3.65. The molecule has 0 bridgehead atoms. The Balaban J connectivity index is 2.24. The Hall–Kier alpha value is -2.09. The molecular formula is C14H17N3O2. The number of nitro groups is 1. The number of nitriles is 1. The Morgan fingerprint density at radius 3 is 2.79 bits per heavy atom. The van der Waals surface area contributed by atoms with Crippen molar-refractivity contribution < 1.29 is 4.92 Å². The largest absolute Gasteiger partial charge is 0.377 e. The molecule has 1 atom stereocenters. The van der Waals surface area contributed by atoms with Crippen molar-refractivity contribution in [3.05, 3.63) is 33.9 Å². The van der Waals surface area contributed by atoms with Crippen LogP contribution in [0.1, 0.15) is 38.7 Å². The Kier molecular flexibility index (Phi) is 3.43. The van der Waals surface area contributed by atoms with Crippen molar-refractivity contribution in [1.29, 1.82) is 5.26 Å². The highest BCUT2D eigenvalue weighted by molar-refractivity contribution is 5.64. The second-order valence-electron chi connectivity index (χ2n) is 5.85. The van der Waals surface area contributed by atoms with E-state index in [1.165, 1.54) is 12.1 Å². The highest BCUT2D eigenvalue weighted by atomic mass is 16.6. The van der Waals surface area contributed by atoms with Gasteiger partial charge in [0, 0.05) is 12.1 Å². The van der Waals surface area contributed by atoms with E-state index in [9.17, 15) is 10.1 Å². The van der Waals surface area contributed by atoms with E-state index in [0.29, 0.717) is 11.3 Å². The van der Waals surface area contributed by atoms with E-state index in [1.54, 1.807) is 6.07 Å². The van der Waals surface area contributed by atoms with Gasteiger partial charge in [0.25, 0.3) is 5.69 Å². The molecule has 5 heteroatoms. The van der Waals surface area contributed by atoms with Gasteiger partial charge in [-0.1, -0.05) is 13.8 Å². The summed E-state index contributed by atoms with van der Waals surface area (Å²) in [6.07, 6.45) is 3.10. The molecule has 100 valence electrons. The van der Waals surface area contributed by atoms with Gasteiger partial charge in [-0.15, -0.1) is 0 Å². The maximum Gasteiger partial charge on any atom is 0.292 e. The first-order valence-corrected chi connectivity index (χ1v) is 6.36. The number of nitro benzene ring substituents is 1. The van der Waals surface area contributed by atoms with E-state index < -0.39 is 4.92 Å². The maximum atomic E-state index is 11.0. The first-order valence-electron chi connectivity index (χ1n) is 6.36. The second kappa shape index (κ2) is 4.88. The highest BCUT2D eigenvalue weighted by Gasteiger charge is 2.31. The molecule has 1 N–H and O–H groups in total. The van der Waals surface area contributed by atoms with Gasteiger partial charge in [-0.2, -0.15) is 5.26 Å². The SMILES string of the molecule is CC1(C)CCC(Nc2cc(C#N)ccc2[N+](=O)[O-])C1. The molecule has 0 heterocycles. The van der Waals surface area contributed by atoms with E-state index in [0.717, 1.165) is 19.3 Å². The van der Waals surface area contributed by atoms with Crippen molar-refractivity contribution in [1.82, 2.24) is 0 Å². The monoisotopic (exact) mass is 259 g/mol. The van der Waals surface area contributed by atoms with Crippen molar-refractivity contribution in [2.24, 2.45) is 5.41 Å². The van der Waals surface area contributed by atoms with Crippen molar-refractivity contribution in [2.45, 2.75) is 39.2 Å². The maximum absolute atomic E-state index is 11.0. The minimum absolute atomic E-state index is 0.0312. The number of hydrogen-bond acceptors (Lipinski definition) is 4. The van der Waals surface area contributed by atoms with Gasteiger partial charge in [0.2, 0.25) is 0 Å². The van der Waals surface area contributed by atoms with E-state index in [4.69, 9.17) is 5.26 Å². The molecule has 1 aliphatic rings. The van der Waals surface area contributed by atoms with Crippen LogP contribution in [0.5, 0.6) is 0 Å². The first-order chi connectivity index (χ1) is 8.91. The average molecular weight is 259 g/mol. The fraction of sp³-hybridized carbons (Fsp3) is 0.500. The molecule has 1 aromatic rings. The lowest BCUT2D eigenvalue weighted by Crippen LogP contribution is -2.18. The number of benzene rings is 1. The van der Waals surface area contributed by atoms with Crippen LogP contribution in [0, 0.1) is 26.9 Å². The van der Waals surface area contributed by atoms with Crippen LogP contribution in [0.3, 0.4) is 0 Å². The highest BCUT2D eigenvalue weighted by Crippen LogP contribution is 2.39. The summed E-state index contributed by atoms with van der Waals surface area (Å²) in [6, 6.07) is 6.67. The zero-order chi connectivity index (χ0) is 14.0. The summed E-state index contributed by atoms with van der Waals surface area (Å²) in [7, 11) is 0. The topological polar surface area (TPSA) is 79.0 Å². The summed E-state index contributed by atoms with van der Waals surface area (Å²) < 4.78 is 0. The normalized spacial score (nSPS) is 20.8. The van der Waals surface area contributed by atoms with E-state index in [1.807, 2.05) is 6.07 Å². The van der Waals surface area contributed by atoms with Gasteiger partial charge < -0.3 is 5.32 Å². The molecule has 1 aliphatic carbocycles. The molecule has 19 heavy (non-hydrogen) atoms. The lowest BCUT2D eigenvalue weighted by Gasteiger charge is -2.18. The predicted molar refractivity (Wildman–Crippen MR) is 72.9 cm³/mol. The summed E-state index contributed by atoms with van der Waals surface area (Å²) in [4.78, 5) is 10.6. The molecule has 1 fully saturated rings. The summed E-state index contributed by atoms with van der Waals surface area (Å²) in [5.74, 6) is 0. The van der Waals surface area contributed by atoms with Gasteiger partial charge in [-0.05, 0) is 36.8 Å². The molecule has 1 aromatic carbocycles. The number of anilines is 1. The smallest absolute Gasteiger partial charge is 0.292 e. The molecular weight excluding hydrogens is 242 g/mol. The Bertz CT molecular complexity index is 546. The lowest BCUT2D eigenvalue weighted by molar-refractivity contribution is -0.384. The number of rotatable bonds is 3. The summed E-state index contributed by atoms with van der Waals surface area (Å²) in [6.45, 7) is 4.41. The van der Waals surface area contributed by atoms with Crippen LogP contribution >= 0.6 is 0 Å². The number of nitrogens with one attached hydrogen (secondary N) is 1. The molecule has 0 aliphatic heterocycles. The molecule has 0 spiro atoms. The van der Waals surface area contributed by atoms with Crippen molar-refractivity contribution in [2.75, 3.05) is 5.32 Å². The molecule has 0 saturated heterocycles. The minimum atomic E-state index is -0.413. The van der Waals surface area contributed by atoms with E-state index >= 15 is 0 Å². The molecule has 0 radical (unpaired) electrons. The number of hydrogen-bond donors (Lipinski definition) is 1. The zero-order valence-corrected chi connectivity index (χ0v) is 11.1.